The van der Waals surface area contributed by atoms with Gasteiger partial charge < -0.3 is 4.90 Å². The molecule has 0 amide bonds. The van der Waals surface area contributed by atoms with Crippen molar-refractivity contribution < 1.29 is 0 Å². The van der Waals surface area contributed by atoms with E-state index in [0.717, 1.165) is 37.3 Å². The molecule has 0 aliphatic rings. The summed E-state index contributed by atoms with van der Waals surface area (Å²) < 4.78 is 1.84. The Morgan fingerprint density at radius 2 is 2.11 bits per heavy atom. The normalized spacial score (nSPS) is 12.2. The number of hydrogen-bond acceptors (Lipinski definition) is 3. The zero-order valence-corrected chi connectivity index (χ0v) is 12.2. The maximum Gasteiger partial charge on any atom is 0.145 e. The van der Waals surface area contributed by atoms with Crippen LogP contribution in [0, 0.1) is 18.3 Å². The number of aryl methyl sites for hydroxylation is 2. The Balaban J connectivity index is 3.16. The minimum absolute atomic E-state index is 0.429. The number of rotatable bonds is 6. The maximum absolute atomic E-state index is 9.31. The molecule has 0 saturated heterocycles. The van der Waals surface area contributed by atoms with Crippen molar-refractivity contribution in [3.05, 3.63) is 11.3 Å². The topological polar surface area (TPSA) is 44.9 Å². The third-order valence-corrected chi connectivity index (χ3v) is 3.45. The lowest BCUT2D eigenvalue weighted by molar-refractivity contribution is 0.571. The van der Waals surface area contributed by atoms with E-state index in [1.807, 2.05) is 18.7 Å². The van der Waals surface area contributed by atoms with E-state index in [0.29, 0.717) is 11.6 Å². The van der Waals surface area contributed by atoms with Gasteiger partial charge in [0.2, 0.25) is 0 Å². The van der Waals surface area contributed by atoms with E-state index in [1.165, 1.54) is 0 Å². The SMILES string of the molecule is CCCCN(c1c(C#N)c(C)nn1C)C(C)CC. The van der Waals surface area contributed by atoms with E-state index >= 15 is 0 Å². The van der Waals surface area contributed by atoms with Crippen molar-refractivity contribution >= 4 is 5.82 Å². The average Bonchev–Trinajstić information content (AvgIpc) is 2.64. The summed E-state index contributed by atoms with van der Waals surface area (Å²) in [5.41, 5.74) is 1.54. The molecule has 1 rings (SSSR count). The molecule has 0 radical (unpaired) electrons. The molecule has 0 bridgehead atoms. The second-order valence-electron chi connectivity index (χ2n) is 4.82. The Hall–Kier alpha value is -1.50. The first-order valence-corrected chi connectivity index (χ1v) is 6.77. The van der Waals surface area contributed by atoms with Crippen molar-refractivity contribution in [1.29, 1.82) is 5.26 Å². The number of hydrogen-bond donors (Lipinski definition) is 0. The number of unbranched alkanes of at least 4 members (excludes halogenated alkanes) is 1. The molecule has 0 saturated carbocycles. The van der Waals surface area contributed by atoms with Crippen molar-refractivity contribution in [3.8, 4) is 6.07 Å². The smallest absolute Gasteiger partial charge is 0.145 e. The minimum Gasteiger partial charge on any atom is -0.353 e. The first kappa shape index (κ1) is 14.6. The van der Waals surface area contributed by atoms with E-state index in [4.69, 9.17) is 0 Å². The fourth-order valence-corrected chi connectivity index (χ4v) is 2.19. The van der Waals surface area contributed by atoms with Crippen LogP contribution in [0.2, 0.25) is 0 Å². The van der Waals surface area contributed by atoms with E-state index < -0.39 is 0 Å². The van der Waals surface area contributed by atoms with Crippen LogP contribution in [-0.4, -0.2) is 22.4 Å². The zero-order valence-electron chi connectivity index (χ0n) is 12.2. The Bertz CT molecular complexity index is 428. The quantitative estimate of drug-likeness (QED) is 0.777. The van der Waals surface area contributed by atoms with Crippen LogP contribution in [0.15, 0.2) is 0 Å². The summed E-state index contributed by atoms with van der Waals surface area (Å²) in [6.07, 6.45) is 3.36. The summed E-state index contributed by atoms with van der Waals surface area (Å²) in [5.74, 6) is 0.970. The molecule has 0 aliphatic carbocycles. The second-order valence-corrected chi connectivity index (χ2v) is 4.82. The zero-order chi connectivity index (χ0) is 13.7. The first-order valence-electron chi connectivity index (χ1n) is 6.77. The molecule has 4 heteroatoms. The van der Waals surface area contributed by atoms with Crippen molar-refractivity contribution in [2.45, 2.75) is 53.0 Å². The molecule has 1 aromatic heterocycles. The number of nitrogens with zero attached hydrogens (tertiary/aromatic N) is 4. The first-order chi connectivity index (χ1) is 8.56. The highest BCUT2D eigenvalue weighted by Gasteiger charge is 2.22. The van der Waals surface area contributed by atoms with E-state index in [2.05, 4.69) is 36.8 Å². The average molecular weight is 248 g/mol. The van der Waals surface area contributed by atoms with Gasteiger partial charge in [0.15, 0.2) is 0 Å². The van der Waals surface area contributed by atoms with Crippen LogP contribution < -0.4 is 4.90 Å². The molecule has 0 aromatic carbocycles. The molecule has 18 heavy (non-hydrogen) atoms. The molecular formula is C14H24N4. The van der Waals surface area contributed by atoms with Crippen LogP contribution in [0.3, 0.4) is 0 Å². The van der Waals surface area contributed by atoms with Crippen LogP contribution in [-0.2, 0) is 7.05 Å². The second kappa shape index (κ2) is 6.44. The van der Waals surface area contributed by atoms with Crippen LogP contribution in [0.1, 0.15) is 51.3 Å². The van der Waals surface area contributed by atoms with Gasteiger partial charge in [-0.25, -0.2) is 0 Å². The Morgan fingerprint density at radius 1 is 1.44 bits per heavy atom. The Labute approximate surface area is 110 Å². The highest BCUT2D eigenvalue weighted by Crippen LogP contribution is 2.25. The van der Waals surface area contributed by atoms with Gasteiger partial charge in [-0.1, -0.05) is 20.3 Å². The summed E-state index contributed by atoms with van der Waals surface area (Å²) in [6, 6.07) is 2.72. The maximum atomic E-state index is 9.31. The standard InChI is InChI=1S/C14H24N4/c1-6-8-9-18(11(3)7-2)14-13(10-15)12(4)16-17(14)5/h11H,6-9H2,1-5H3. The molecule has 1 unspecified atom stereocenters. The molecule has 0 fully saturated rings. The van der Waals surface area contributed by atoms with Gasteiger partial charge in [-0.05, 0) is 26.7 Å². The van der Waals surface area contributed by atoms with Gasteiger partial charge in [-0.2, -0.15) is 10.4 Å². The van der Waals surface area contributed by atoms with Gasteiger partial charge in [0, 0.05) is 19.6 Å². The number of nitriles is 1. The van der Waals surface area contributed by atoms with Crippen LogP contribution in [0.25, 0.3) is 0 Å². The van der Waals surface area contributed by atoms with Crippen molar-refractivity contribution in [2.24, 2.45) is 7.05 Å². The molecule has 0 aliphatic heterocycles. The monoisotopic (exact) mass is 248 g/mol. The Morgan fingerprint density at radius 3 is 2.61 bits per heavy atom. The van der Waals surface area contributed by atoms with Gasteiger partial charge in [0.25, 0.3) is 0 Å². The molecule has 4 nitrogen and oxygen atoms in total. The molecule has 1 heterocycles. The Kier molecular flexibility index (Phi) is 5.21. The predicted molar refractivity (Wildman–Crippen MR) is 74.7 cm³/mol. The molecule has 100 valence electrons. The minimum atomic E-state index is 0.429. The van der Waals surface area contributed by atoms with Crippen molar-refractivity contribution in [3.63, 3.8) is 0 Å². The van der Waals surface area contributed by atoms with Crippen LogP contribution in [0.5, 0.6) is 0 Å². The van der Waals surface area contributed by atoms with Gasteiger partial charge in [-0.3, -0.25) is 4.68 Å². The molecular weight excluding hydrogens is 224 g/mol. The highest BCUT2D eigenvalue weighted by atomic mass is 15.4. The van der Waals surface area contributed by atoms with E-state index in [1.54, 1.807) is 0 Å². The van der Waals surface area contributed by atoms with Gasteiger partial charge in [0.1, 0.15) is 17.5 Å². The van der Waals surface area contributed by atoms with Gasteiger partial charge in [0.05, 0.1) is 5.69 Å². The lowest BCUT2D eigenvalue weighted by atomic mass is 10.1. The largest absolute Gasteiger partial charge is 0.353 e. The van der Waals surface area contributed by atoms with E-state index in [9.17, 15) is 5.26 Å². The summed E-state index contributed by atoms with van der Waals surface area (Å²) in [4.78, 5) is 2.32. The molecule has 0 spiro atoms. The highest BCUT2D eigenvalue weighted by molar-refractivity contribution is 5.57. The third-order valence-electron chi connectivity index (χ3n) is 3.45. The van der Waals surface area contributed by atoms with Crippen LogP contribution >= 0.6 is 0 Å². The molecule has 1 aromatic rings. The fourth-order valence-electron chi connectivity index (χ4n) is 2.19. The lowest BCUT2D eigenvalue weighted by Crippen LogP contribution is -2.35. The van der Waals surface area contributed by atoms with Gasteiger partial charge >= 0.3 is 0 Å². The third kappa shape index (κ3) is 2.84. The molecule has 1 atom stereocenters. The summed E-state index contributed by atoms with van der Waals surface area (Å²) in [7, 11) is 1.92. The summed E-state index contributed by atoms with van der Waals surface area (Å²) in [6.45, 7) is 9.46. The number of aromatic nitrogens is 2. The fraction of sp³-hybridized carbons (Fsp3) is 0.714. The summed E-state index contributed by atoms with van der Waals surface area (Å²) in [5, 5.41) is 13.7. The van der Waals surface area contributed by atoms with E-state index in [-0.39, 0.29) is 0 Å². The molecule has 0 N–H and O–H groups in total. The predicted octanol–water partition coefficient (Wildman–Crippen LogP) is 3.01. The lowest BCUT2D eigenvalue weighted by Gasteiger charge is -2.30. The van der Waals surface area contributed by atoms with Gasteiger partial charge in [-0.15, -0.1) is 0 Å². The van der Waals surface area contributed by atoms with Crippen molar-refractivity contribution in [2.75, 3.05) is 11.4 Å². The van der Waals surface area contributed by atoms with Crippen molar-refractivity contribution in [1.82, 2.24) is 9.78 Å². The number of anilines is 1. The summed E-state index contributed by atoms with van der Waals surface area (Å²) >= 11 is 0. The van der Waals surface area contributed by atoms with Crippen LogP contribution in [0.4, 0.5) is 5.82 Å².